The van der Waals surface area contributed by atoms with E-state index in [9.17, 15) is 5.11 Å². The summed E-state index contributed by atoms with van der Waals surface area (Å²) >= 11 is 0. The summed E-state index contributed by atoms with van der Waals surface area (Å²) in [6, 6.07) is 50.3. The van der Waals surface area contributed by atoms with Crippen molar-refractivity contribution in [3.63, 3.8) is 0 Å². The molecule has 0 radical (unpaired) electrons. The third-order valence-electron chi connectivity index (χ3n) is 23.9. The van der Waals surface area contributed by atoms with Gasteiger partial charge in [0.15, 0.2) is 0 Å². The molecule has 5 heteroatoms. The predicted octanol–water partition coefficient (Wildman–Crippen LogP) is 24.7. The van der Waals surface area contributed by atoms with Gasteiger partial charge in [-0.2, -0.15) is 0 Å². The van der Waals surface area contributed by atoms with Gasteiger partial charge in [0, 0.05) is 39.1 Å². The lowest BCUT2D eigenvalue weighted by atomic mass is 9.65. The zero-order valence-electron chi connectivity index (χ0n) is 66.0. The van der Waals surface area contributed by atoms with Crippen molar-refractivity contribution in [2.75, 3.05) is 21.3 Å². The summed E-state index contributed by atoms with van der Waals surface area (Å²) in [6.07, 6.45) is 26.5. The van der Waals surface area contributed by atoms with Crippen LogP contribution in [0.1, 0.15) is 303 Å². The molecule has 7 aliphatic carbocycles. The molecule has 0 amide bonds. The smallest absolute Gasteiger partial charge is 0.0720 e. The standard InChI is InChI=1S/C16H24O.C15H22O2.C15H22O.C14H20O.2C13H18.C8H16/c1-11(2)15-12-8-6-7-9-13(12)16(3,4)10-14(15)17-5;1-10(2)15-13-8-11(9-16)4-5-12(13)6-7-14(15)17-3;1-12(2)14-9-6-10-15(14)16-11-13-7-4-3-5-8-13;1-10(2)14-12-7-5-4-6-11(12)8-9-13(14)15-3;2*1-10(2)12-9-5-7-11-6-3-4-8-13(11)12;1-7(2)8-5-3-4-6-8/h6-9,11,14-15H,10H2,1-5H3;4-5,8,10,14-16H,6-7,9H2,1-3H3;3-5,7-8,12,14-15H,6,9-11H2,1-2H3;4-7,10,13-14H,8-9H2,1-3H3;5,7,9-10H,3-4,6,8H2,1-2H3;3-4,6,8,10,12H,5,7,9H2,1-2H3;7-8H,3-6H2,1-2H3. The Morgan fingerprint density at radius 1 is 0.394 bits per heavy atom. The van der Waals surface area contributed by atoms with Crippen LogP contribution in [0.5, 0.6) is 0 Å². The summed E-state index contributed by atoms with van der Waals surface area (Å²) in [7, 11) is 5.50. The average molecular weight is 1350 g/mol. The van der Waals surface area contributed by atoms with E-state index < -0.39 is 0 Å². The van der Waals surface area contributed by atoms with Crippen LogP contribution in [-0.4, -0.2) is 50.9 Å². The molecule has 546 valence electrons. The number of aliphatic hydroxyl groups excluding tert-OH is 1. The van der Waals surface area contributed by atoms with E-state index in [0.717, 1.165) is 79.8 Å². The summed E-state index contributed by atoms with van der Waals surface area (Å²) in [4.78, 5) is 0. The zero-order chi connectivity index (χ0) is 71.8. The van der Waals surface area contributed by atoms with Gasteiger partial charge in [-0.25, -0.2) is 0 Å². The highest BCUT2D eigenvalue weighted by Gasteiger charge is 2.41. The molecule has 1 N–H and O–H groups in total. The number of aliphatic hydroxyl groups is 1. The van der Waals surface area contributed by atoms with Gasteiger partial charge in [0.2, 0.25) is 0 Å². The van der Waals surface area contributed by atoms with Gasteiger partial charge < -0.3 is 24.1 Å². The van der Waals surface area contributed by atoms with E-state index in [0.29, 0.717) is 65.8 Å². The van der Waals surface area contributed by atoms with Crippen molar-refractivity contribution in [3.05, 3.63) is 212 Å². The van der Waals surface area contributed by atoms with Gasteiger partial charge in [-0.15, -0.1) is 0 Å². The van der Waals surface area contributed by atoms with E-state index in [1.165, 1.54) is 129 Å². The first kappa shape index (κ1) is 81.4. The van der Waals surface area contributed by atoms with Gasteiger partial charge in [0.25, 0.3) is 0 Å². The Morgan fingerprint density at radius 3 is 1.48 bits per heavy atom. The molecule has 0 bridgehead atoms. The Hall–Kier alpha value is -4.88. The van der Waals surface area contributed by atoms with Crippen LogP contribution < -0.4 is 0 Å². The van der Waals surface area contributed by atoms with E-state index in [1.54, 1.807) is 34.9 Å². The number of rotatable bonds is 14. The zero-order valence-corrected chi connectivity index (χ0v) is 66.0. The Morgan fingerprint density at radius 2 is 0.919 bits per heavy atom. The molecule has 6 aromatic carbocycles. The Bertz CT molecular complexity index is 3230. The van der Waals surface area contributed by atoms with Gasteiger partial charge in [-0.1, -0.05) is 282 Å². The molecule has 5 nitrogen and oxygen atoms in total. The number of methoxy groups -OCH3 is 3. The molecule has 7 aliphatic rings. The van der Waals surface area contributed by atoms with E-state index in [4.69, 9.17) is 18.9 Å². The molecule has 0 saturated heterocycles. The highest BCUT2D eigenvalue weighted by atomic mass is 16.5. The molecule has 0 aliphatic heterocycles. The van der Waals surface area contributed by atoms with Crippen LogP contribution in [0.25, 0.3) is 0 Å². The normalized spacial score (nSPS) is 23.4. The van der Waals surface area contributed by atoms with Crippen molar-refractivity contribution < 1.29 is 24.1 Å². The summed E-state index contributed by atoms with van der Waals surface area (Å²) in [5.41, 5.74) is 19.4. The number of aryl methyl sites for hydroxylation is 4. The number of hydrogen-bond donors (Lipinski definition) is 1. The van der Waals surface area contributed by atoms with Crippen molar-refractivity contribution in [1.82, 2.24) is 0 Å². The van der Waals surface area contributed by atoms with Crippen LogP contribution in [0.2, 0.25) is 0 Å². The maximum atomic E-state index is 9.26. The third-order valence-corrected chi connectivity index (χ3v) is 23.9. The van der Waals surface area contributed by atoms with E-state index in [1.807, 2.05) is 20.3 Å². The van der Waals surface area contributed by atoms with Crippen molar-refractivity contribution in [2.24, 2.45) is 47.3 Å². The molecule has 99 heavy (non-hydrogen) atoms. The number of fused-ring (bicyclic) bond motifs is 5. The molecule has 2 fully saturated rings. The van der Waals surface area contributed by atoms with Crippen LogP contribution >= 0.6 is 0 Å². The van der Waals surface area contributed by atoms with Crippen molar-refractivity contribution in [1.29, 1.82) is 0 Å². The van der Waals surface area contributed by atoms with Gasteiger partial charge in [0.1, 0.15) is 0 Å². The average Bonchev–Trinajstić information content (AvgIpc) is 1.17. The van der Waals surface area contributed by atoms with Crippen LogP contribution in [0, 0.1) is 47.3 Å². The predicted molar refractivity (Wildman–Crippen MR) is 423 cm³/mol. The van der Waals surface area contributed by atoms with Gasteiger partial charge in [0.05, 0.1) is 37.6 Å². The quantitative estimate of drug-likeness (QED) is 0.118. The maximum absolute atomic E-state index is 9.26. The minimum Gasteiger partial charge on any atom is -0.392 e. The molecular formula is C94H140O5. The molecule has 9 atom stereocenters. The molecule has 0 heterocycles. The van der Waals surface area contributed by atoms with E-state index in [-0.39, 0.29) is 12.0 Å². The summed E-state index contributed by atoms with van der Waals surface area (Å²) in [5, 5.41) is 9.26. The second-order valence-electron chi connectivity index (χ2n) is 33.5. The third kappa shape index (κ3) is 23.1. The number of hydrogen-bond acceptors (Lipinski definition) is 5. The maximum Gasteiger partial charge on any atom is 0.0720 e. The second kappa shape index (κ2) is 40.8. The fourth-order valence-corrected chi connectivity index (χ4v) is 18.4. The van der Waals surface area contributed by atoms with Crippen LogP contribution in [0.4, 0.5) is 0 Å². The van der Waals surface area contributed by atoms with Crippen LogP contribution in [-0.2, 0) is 69.7 Å². The van der Waals surface area contributed by atoms with Crippen LogP contribution in [0.3, 0.4) is 0 Å². The molecule has 2 saturated carbocycles. The van der Waals surface area contributed by atoms with Crippen molar-refractivity contribution in [3.8, 4) is 0 Å². The fourth-order valence-electron chi connectivity index (χ4n) is 18.4. The van der Waals surface area contributed by atoms with Gasteiger partial charge in [-0.3, -0.25) is 0 Å². The molecular weight excluding hydrogens is 1210 g/mol. The first-order valence-electron chi connectivity index (χ1n) is 39.9. The fraction of sp³-hybridized carbons (Fsp3) is 0.617. The van der Waals surface area contributed by atoms with Gasteiger partial charge >= 0.3 is 0 Å². The highest BCUT2D eigenvalue weighted by molar-refractivity contribution is 5.42. The molecule has 9 unspecified atom stereocenters. The number of ether oxygens (including phenoxy) is 4. The Balaban J connectivity index is 0.000000164. The lowest BCUT2D eigenvalue weighted by Gasteiger charge is -2.43. The largest absolute Gasteiger partial charge is 0.392 e. The summed E-state index contributed by atoms with van der Waals surface area (Å²) in [6.45, 7) is 37.8. The SMILES string of the molecule is CC(C)C1CCCC1.CC(C)C1CCCC1OCc1ccccc1.CC(C)C1CCCc2ccccc21.CC(C)c1cccc2c1CCCC2.COC1CC(C)(C)c2ccccc2C1C(C)C.COC1CCc2ccc(CO)cc2C1C(C)C.COC1CCc2ccccc2C1C(C)C. The molecule has 0 aromatic heterocycles. The van der Waals surface area contributed by atoms with Crippen molar-refractivity contribution >= 4 is 0 Å². The minimum absolute atomic E-state index is 0.121. The van der Waals surface area contributed by atoms with E-state index >= 15 is 0 Å². The Labute approximate surface area is 606 Å². The first-order chi connectivity index (χ1) is 47.5. The monoisotopic (exact) mass is 1350 g/mol. The van der Waals surface area contributed by atoms with Gasteiger partial charge in [-0.05, 0) is 227 Å². The molecule has 6 aromatic rings. The van der Waals surface area contributed by atoms with Crippen LogP contribution in [0.15, 0.2) is 140 Å². The van der Waals surface area contributed by atoms with E-state index in [2.05, 4.69) is 244 Å². The minimum atomic E-state index is 0.121. The number of benzene rings is 6. The molecule has 13 rings (SSSR count). The lowest BCUT2D eigenvalue weighted by molar-refractivity contribution is 0.00355. The molecule has 0 spiro atoms. The second-order valence-corrected chi connectivity index (χ2v) is 33.5. The summed E-state index contributed by atoms with van der Waals surface area (Å²) in [5.74, 6) is 9.21. The first-order valence-corrected chi connectivity index (χ1v) is 39.9. The van der Waals surface area contributed by atoms with Crippen molar-refractivity contribution in [2.45, 2.75) is 305 Å². The topological polar surface area (TPSA) is 57.2 Å². The Kier molecular flexibility index (Phi) is 33.6. The highest BCUT2D eigenvalue weighted by Crippen LogP contribution is 2.47. The lowest BCUT2D eigenvalue weighted by Crippen LogP contribution is -2.39. The summed E-state index contributed by atoms with van der Waals surface area (Å²) < 4.78 is 23.1.